The van der Waals surface area contributed by atoms with Gasteiger partial charge in [0.2, 0.25) is 5.91 Å². The number of rotatable bonds is 7. The Morgan fingerprint density at radius 1 is 1.27 bits per heavy atom. The molecule has 0 fully saturated rings. The first kappa shape index (κ1) is 18.6. The van der Waals surface area contributed by atoms with E-state index in [1.165, 1.54) is 12.6 Å². The topological polar surface area (TPSA) is 61.4 Å². The second kappa shape index (κ2) is 9.58. The van der Waals surface area contributed by atoms with E-state index >= 15 is 0 Å². The molecule has 122 valence electrons. The number of nitrogens with one attached hydrogen (secondary N) is 2. The Bertz CT molecular complexity index is 508. The fourth-order valence-corrected chi connectivity index (χ4v) is 2.91. The monoisotopic (exact) mass is 369 g/mol. The second-order valence-electron chi connectivity index (χ2n) is 5.11. The average Bonchev–Trinajstić information content (AvgIpc) is 2.51. The van der Waals surface area contributed by atoms with Crippen molar-refractivity contribution in [3.05, 3.63) is 34.3 Å². The maximum Gasteiger partial charge on any atom is 0.321 e. The average molecular weight is 370 g/mol. The van der Waals surface area contributed by atoms with Crippen LogP contribution in [0.5, 0.6) is 0 Å². The molecule has 5 nitrogen and oxygen atoms in total. The van der Waals surface area contributed by atoms with Gasteiger partial charge in [0.15, 0.2) is 0 Å². The highest BCUT2D eigenvalue weighted by atomic mass is 79.9. The van der Waals surface area contributed by atoms with E-state index in [9.17, 15) is 9.59 Å². The number of nitrogens with zero attached hydrogens (tertiary/aromatic N) is 1. The molecule has 1 aromatic carbocycles. The molecular weight excluding hydrogens is 346 g/mol. The van der Waals surface area contributed by atoms with E-state index in [2.05, 4.69) is 51.4 Å². The zero-order valence-corrected chi connectivity index (χ0v) is 14.9. The van der Waals surface area contributed by atoms with Gasteiger partial charge < -0.3 is 5.32 Å². The van der Waals surface area contributed by atoms with Crippen molar-refractivity contribution in [1.29, 1.82) is 0 Å². The highest BCUT2D eigenvalue weighted by molar-refractivity contribution is 9.10. The molecule has 0 aliphatic carbocycles. The lowest BCUT2D eigenvalue weighted by Gasteiger charge is -2.29. The van der Waals surface area contributed by atoms with Crippen LogP contribution in [-0.4, -0.2) is 37.0 Å². The summed E-state index contributed by atoms with van der Waals surface area (Å²) in [4.78, 5) is 25.1. The van der Waals surface area contributed by atoms with Gasteiger partial charge in [-0.15, -0.1) is 0 Å². The van der Waals surface area contributed by atoms with Gasteiger partial charge in [-0.05, 0) is 31.5 Å². The van der Waals surface area contributed by atoms with E-state index in [0.29, 0.717) is 13.0 Å². The summed E-state index contributed by atoms with van der Waals surface area (Å²) >= 11 is 3.58. The number of urea groups is 1. The highest BCUT2D eigenvalue weighted by Gasteiger charge is 2.18. The molecule has 0 radical (unpaired) electrons. The Balaban J connectivity index is 2.67. The normalized spacial score (nSPS) is 12.0. The predicted octanol–water partition coefficient (Wildman–Crippen LogP) is 3.07. The quantitative estimate of drug-likeness (QED) is 0.776. The molecule has 3 amide bonds. The van der Waals surface area contributed by atoms with Gasteiger partial charge in [-0.1, -0.05) is 41.1 Å². The van der Waals surface area contributed by atoms with Crippen molar-refractivity contribution in [3.8, 4) is 0 Å². The van der Waals surface area contributed by atoms with Gasteiger partial charge in [0.25, 0.3) is 0 Å². The Morgan fingerprint density at radius 3 is 2.55 bits per heavy atom. The molecule has 0 heterocycles. The van der Waals surface area contributed by atoms with Crippen LogP contribution in [0.15, 0.2) is 28.7 Å². The minimum atomic E-state index is -0.467. The first-order valence-corrected chi connectivity index (χ1v) is 8.28. The largest absolute Gasteiger partial charge is 0.341 e. The van der Waals surface area contributed by atoms with Gasteiger partial charge in [0.05, 0.1) is 0 Å². The maximum absolute atomic E-state index is 11.7. The van der Waals surface area contributed by atoms with Crippen molar-refractivity contribution >= 4 is 27.9 Å². The maximum atomic E-state index is 11.7. The summed E-state index contributed by atoms with van der Waals surface area (Å²) in [6, 6.07) is 7.84. The summed E-state index contributed by atoms with van der Waals surface area (Å²) in [7, 11) is 1.49. The van der Waals surface area contributed by atoms with Crippen LogP contribution < -0.4 is 10.6 Å². The van der Waals surface area contributed by atoms with Crippen molar-refractivity contribution < 1.29 is 9.59 Å². The molecule has 6 heteroatoms. The van der Waals surface area contributed by atoms with E-state index in [4.69, 9.17) is 0 Å². The van der Waals surface area contributed by atoms with Crippen LogP contribution in [-0.2, 0) is 4.79 Å². The van der Waals surface area contributed by atoms with Crippen molar-refractivity contribution in [3.63, 3.8) is 0 Å². The molecule has 1 atom stereocenters. The summed E-state index contributed by atoms with van der Waals surface area (Å²) in [5.74, 6) is -0.264. The summed E-state index contributed by atoms with van der Waals surface area (Å²) in [6.07, 6.45) is 1.30. The third kappa shape index (κ3) is 5.77. The number of halogens is 1. The lowest BCUT2D eigenvalue weighted by Crippen LogP contribution is -2.39. The predicted molar refractivity (Wildman–Crippen MR) is 91.6 cm³/mol. The molecule has 0 spiro atoms. The smallest absolute Gasteiger partial charge is 0.321 e. The molecule has 0 saturated heterocycles. The van der Waals surface area contributed by atoms with Crippen LogP contribution in [0.2, 0.25) is 0 Å². The molecule has 0 bridgehead atoms. The fraction of sp³-hybridized carbons (Fsp3) is 0.500. The summed E-state index contributed by atoms with van der Waals surface area (Å²) in [5.41, 5.74) is 1.20. The minimum Gasteiger partial charge on any atom is -0.341 e. The van der Waals surface area contributed by atoms with Gasteiger partial charge >= 0.3 is 6.03 Å². The number of imide groups is 1. The molecule has 2 N–H and O–H groups in total. The van der Waals surface area contributed by atoms with Crippen LogP contribution in [0.3, 0.4) is 0 Å². The molecule has 22 heavy (non-hydrogen) atoms. The minimum absolute atomic E-state index is 0.198. The zero-order valence-electron chi connectivity index (χ0n) is 13.4. The summed E-state index contributed by atoms with van der Waals surface area (Å²) < 4.78 is 1.07. The van der Waals surface area contributed by atoms with Crippen LogP contribution in [0.1, 0.15) is 38.3 Å². The number of carbonyl (C=O) groups is 2. The number of amides is 3. The Morgan fingerprint density at radius 2 is 1.95 bits per heavy atom. The molecule has 1 rings (SSSR count). The van der Waals surface area contributed by atoms with Gasteiger partial charge in [-0.2, -0.15) is 0 Å². The molecule has 0 aliphatic rings. The lowest BCUT2D eigenvalue weighted by atomic mass is 10.1. The fourth-order valence-electron chi connectivity index (χ4n) is 2.29. The molecular formula is C16H24BrN3O2. The van der Waals surface area contributed by atoms with Crippen molar-refractivity contribution in [2.24, 2.45) is 0 Å². The SMILES string of the molecule is CCCN(CCC(=O)NC(=O)NC)C(C)c1ccccc1Br. The Labute approximate surface area is 140 Å². The Hall–Kier alpha value is -1.40. The van der Waals surface area contributed by atoms with E-state index < -0.39 is 6.03 Å². The van der Waals surface area contributed by atoms with Crippen LogP contribution >= 0.6 is 15.9 Å². The van der Waals surface area contributed by atoms with Gasteiger partial charge in [0.1, 0.15) is 0 Å². The summed E-state index contributed by atoms with van der Waals surface area (Å²) in [5, 5.41) is 4.67. The van der Waals surface area contributed by atoms with E-state index in [1.54, 1.807) is 0 Å². The van der Waals surface area contributed by atoms with Gasteiger partial charge in [-0.25, -0.2) is 4.79 Å². The van der Waals surface area contributed by atoms with Gasteiger partial charge in [-0.3, -0.25) is 15.0 Å². The van der Waals surface area contributed by atoms with Crippen molar-refractivity contribution in [2.45, 2.75) is 32.7 Å². The molecule has 1 unspecified atom stereocenters. The first-order chi connectivity index (χ1) is 10.5. The highest BCUT2D eigenvalue weighted by Crippen LogP contribution is 2.27. The van der Waals surface area contributed by atoms with E-state index in [0.717, 1.165) is 17.4 Å². The standard InChI is InChI=1S/C16H24BrN3O2/c1-4-10-20(11-9-15(21)19-16(22)18-3)12(2)13-7-5-6-8-14(13)17/h5-8,12H,4,9-11H2,1-3H3,(H2,18,19,21,22). The first-order valence-electron chi connectivity index (χ1n) is 7.49. The second-order valence-corrected chi connectivity index (χ2v) is 5.97. The third-order valence-electron chi connectivity index (χ3n) is 3.52. The van der Waals surface area contributed by atoms with Crippen LogP contribution in [0, 0.1) is 0 Å². The van der Waals surface area contributed by atoms with Crippen molar-refractivity contribution in [1.82, 2.24) is 15.5 Å². The summed E-state index contributed by atoms with van der Waals surface area (Å²) in [6.45, 7) is 5.76. The van der Waals surface area contributed by atoms with Crippen LogP contribution in [0.4, 0.5) is 4.79 Å². The molecule has 0 aromatic heterocycles. The number of hydrogen-bond acceptors (Lipinski definition) is 3. The lowest BCUT2D eigenvalue weighted by molar-refractivity contribution is -0.120. The number of carbonyl (C=O) groups excluding carboxylic acids is 2. The van der Waals surface area contributed by atoms with Gasteiger partial charge in [0, 0.05) is 30.5 Å². The third-order valence-corrected chi connectivity index (χ3v) is 4.24. The van der Waals surface area contributed by atoms with E-state index in [-0.39, 0.29) is 11.9 Å². The Kier molecular flexibility index (Phi) is 8.12. The number of benzene rings is 1. The molecule has 0 saturated carbocycles. The van der Waals surface area contributed by atoms with Crippen molar-refractivity contribution in [2.75, 3.05) is 20.1 Å². The number of hydrogen-bond donors (Lipinski definition) is 2. The zero-order chi connectivity index (χ0) is 16.5. The molecule has 1 aromatic rings. The molecule has 0 aliphatic heterocycles. The van der Waals surface area contributed by atoms with E-state index in [1.807, 2.05) is 18.2 Å². The van der Waals surface area contributed by atoms with Crippen LogP contribution in [0.25, 0.3) is 0 Å².